The van der Waals surface area contributed by atoms with Crippen molar-refractivity contribution in [3.05, 3.63) is 35.9 Å². The van der Waals surface area contributed by atoms with Gasteiger partial charge in [-0.1, -0.05) is 52.7 Å². The van der Waals surface area contributed by atoms with Crippen molar-refractivity contribution in [1.82, 2.24) is 0 Å². The number of fused-ring (bicyclic) bond motifs is 5. The highest BCUT2D eigenvalue weighted by atomic mass is 16.7. The lowest BCUT2D eigenvalue weighted by atomic mass is 9.43. The second-order valence-corrected chi connectivity index (χ2v) is 14.6. The van der Waals surface area contributed by atoms with Crippen LogP contribution in [0.3, 0.4) is 0 Å². The fourth-order valence-corrected chi connectivity index (χ4v) is 10.5. The molecular weight excluding hydrogens is 512 g/mol. The van der Waals surface area contributed by atoms with E-state index in [-0.39, 0.29) is 47.1 Å². The van der Waals surface area contributed by atoms with Crippen LogP contribution in [0.15, 0.2) is 30.3 Å². The highest BCUT2D eigenvalue weighted by molar-refractivity contribution is 5.89. The van der Waals surface area contributed by atoms with Gasteiger partial charge in [0.15, 0.2) is 5.79 Å². The average molecular weight is 574 g/mol. The summed E-state index contributed by atoms with van der Waals surface area (Å²) in [5.41, 5.74) is 0.587. The molecule has 0 bridgehead atoms. The van der Waals surface area contributed by atoms with Crippen LogP contribution in [-0.4, -0.2) is 42.3 Å². The topological polar surface area (TPSA) is 65.0 Å². The van der Waals surface area contributed by atoms with Gasteiger partial charge >= 0.3 is 5.97 Å². The van der Waals surface area contributed by atoms with Crippen LogP contribution in [0.4, 0.5) is 0 Å². The maximum Gasteiger partial charge on any atom is 0.338 e. The molecule has 41 heavy (non-hydrogen) atoms. The summed E-state index contributed by atoms with van der Waals surface area (Å²) in [5, 5.41) is 10.9. The Morgan fingerprint density at radius 1 is 1.05 bits per heavy atom. The summed E-state index contributed by atoms with van der Waals surface area (Å²) < 4.78 is 74.1. The molecule has 5 fully saturated rings. The van der Waals surface area contributed by atoms with Gasteiger partial charge in [-0.2, -0.15) is 0 Å². The van der Waals surface area contributed by atoms with Crippen LogP contribution in [0.5, 0.6) is 0 Å². The van der Waals surface area contributed by atoms with E-state index in [2.05, 4.69) is 20.8 Å². The lowest BCUT2D eigenvalue weighted by molar-refractivity contribution is -0.242. The number of aliphatic hydroxyl groups is 1. The van der Waals surface area contributed by atoms with Crippen molar-refractivity contribution in [2.24, 2.45) is 52.2 Å². The van der Waals surface area contributed by atoms with E-state index < -0.39 is 31.5 Å². The third-order valence-corrected chi connectivity index (χ3v) is 12.7. The molecule has 5 nitrogen and oxygen atoms in total. The van der Waals surface area contributed by atoms with Crippen molar-refractivity contribution in [3.8, 4) is 0 Å². The molecule has 4 saturated carbocycles. The minimum Gasteiger partial charge on any atom is -0.458 e. The first kappa shape index (κ1) is 22.1. The molecule has 228 valence electrons. The second kappa shape index (κ2) is 11.2. The monoisotopic (exact) mass is 573 g/mol. The van der Waals surface area contributed by atoms with Gasteiger partial charge in [0.25, 0.3) is 0 Å². The van der Waals surface area contributed by atoms with Gasteiger partial charge in [0, 0.05) is 28.4 Å². The molecular formula is C36H54O5. The van der Waals surface area contributed by atoms with Crippen LogP contribution in [0, 0.1) is 52.2 Å². The molecule has 1 N–H and O–H groups in total. The zero-order valence-electron chi connectivity index (χ0n) is 32.1. The molecule has 1 saturated heterocycles. The molecule has 1 spiro atoms. The van der Waals surface area contributed by atoms with Crippen molar-refractivity contribution in [2.75, 3.05) is 13.2 Å². The smallest absolute Gasteiger partial charge is 0.338 e. The van der Waals surface area contributed by atoms with E-state index in [9.17, 15) is 9.90 Å². The van der Waals surface area contributed by atoms with Crippen LogP contribution in [0.1, 0.15) is 119 Å². The summed E-state index contributed by atoms with van der Waals surface area (Å²) in [4.78, 5) is 13.6. The number of benzene rings is 1. The lowest BCUT2D eigenvalue weighted by Crippen LogP contribution is -2.60. The zero-order valence-corrected chi connectivity index (χ0v) is 25.1. The van der Waals surface area contributed by atoms with Gasteiger partial charge in [0.2, 0.25) is 0 Å². The quantitative estimate of drug-likeness (QED) is 0.339. The Kier molecular flexibility index (Phi) is 6.07. The van der Waals surface area contributed by atoms with E-state index >= 15 is 0 Å². The van der Waals surface area contributed by atoms with E-state index in [1.54, 1.807) is 12.1 Å². The summed E-state index contributed by atoms with van der Waals surface area (Å²) in [6.45, 7) is 1.88. The maximum absolute atomic E-state index is 13.6. The van der Waals surface area contributed by atoms with Gasteiger partial charge in [-0.15, -0.1) is 0 Å². The van der Waals surface area contributed by atoms with Crippen molar-refractivity contribution < 1.29 is 33.7 Å². The van der Waals surface area contributed by atoms with Crippen LogP contribution in [-0.2, 0) is 14.2 Å². The number of aliphatic hydroxyl groups excluding tert-OH is 1. The van der Waals surface area contributed by atoms with E-state index in [0.717, 1.165) is 51.4 Å². The van der Waals surface area contributed by atoms with Crippen molar-refractivity contribution >= 4 is 5.97 Å². The zero-order chi connectivity index (χ0) is 34.9. The van der Waals surface area contributed by atoms with E-state index in [0.29, 0.717) is 43.0 Å². The van der Waals surface area contributed by atoms with Crippen LogP contribution < -0.4 is 0 Å². The molecule has 1 heterocycles. The van der Waals surface area contributed by atoms with E-state index in [1.165, 1.54) is 0 Å². The Bertz CT molecular complexity index is 1300. The number of esters is 1. The number of hydrogen-bond acceptors (Lipinski definition) is 5. The predicted molar refractivity (Wildman–Crippen MR) is 160 cm³/mol. The Labute approximate surface area is 257 Å². The van der Waals surface area contributed by atoms with Gasteiger partial charge in [0.05, 0.1) is 24.9 Å². The second-order valence-electron chi connectivity index (χ2n) is 14.6. The first-order valence-corrected chi connectivity index (χ1v) is 16.1. The molecule has 5 heteroatoms. The SMILES string of the molecule is [2H]C([2H])([2H])C([2H])(C(O)CC[C@@H](C)[C@H]1CCC2C3C(CC[C@@]21C)[C@@]1(C)CCC2(C[C@@H]1C[C@H]3OC(=O)c1ccccc1)OCCO2)C([2H])([2H])[2H]. The molecule has 1 aliphatic heterocycles. The fraction of sp³-hybridized carbons (Fsp3) is 0.806. The van der Waals surface area contributed by atoms with Gasteiger partial charge in [0.1, 0.15) is 6.10 Å². The van der Waals surface area contributed by atoms with E-state index in [4.69, 9.17) is 23.8 Å². The van der Waals surface area contributed by atoms with Gasteiger partial charge in [-0.25, -0.2) is 4.79 Å². The first-order chi connectivity index (χ1) is 22.4. The normalized spacial score (nSPS) is 44.3. The van der Waals surface area contributed by atoms with Crippen molar-refractivity contribution in [2.45, 2.75) is 117 Å². The molecule has 4 aliphatic carbocycles. The molecule has 10 atom stereocenters. The summed E-state index contributed by atoms with van der Waals surface area (Å²) in [5.74, 6) is -2.16. The molecule has 6 rings (SSSR count). The Hall–Kier alpha value is -1.43. The summed E-state index contributed by atoms with van der Waals surface area (Å²) in [6, 6.07) is 9.22. The molecule has 4 unspecified atom stereocenters. The highest BCUT2D eigenvalue weighted by Crippen LogP contribution is 2.69. The largest absolute Gasteiger partial charge is 0.458 e. The van der Waals surface area contributed by atoms with Crippen LogP contribution in [0.25, 0.3) is 0 Å². The Morgan fingerprint density at radius 3 is 2.51 bits per heavy atom. The molecule has 0 radical (unpaired) electrons. The minimum absolute atomic E-state index is 0.0498. The number of carbonyl (C=O) groups excluding carboxylic acids is 1. The standard InChI is InChI=1S/C36H54O5/c1-23(2)30(37)14-11-24(3)27-12-13-28-32-29(15-16-35(27,28)5)34(4)17-18-36(39-19-20-40-36)22-26(34)21-31(32)41-33(38)25-9-7-6-8-10-25/h6-10,23-24,26-32,37H,11-22H2,1-5H3/t24-,26+,27-,28?,29?,30?,31-,32?,34+,35-/m1/s1/i1D3,2D3,23D. The van der Waals surface area contributed by atoms with E-state index in [1.807, 2.05) is 18.2 Å². The third kappa shape index (κ3) is 5.20. The van der Waals surface area contributed by atoms with Gasteiger partial charge in [-0.3, -0.25) is 0 Å². The lowest BCUT2D eigenvalue weighted by Gasteiger charge is -2.63. The minimum atomic E-state index is -3.15. The molecule has 0 amide bonds. The summed E-state index contributed by atoms with van der Waals surface area (Å²) >= 11 is 0. The first-order valence-electron chi connectivity index (χ1n) is 19.6. The molecule has 0 aromatic heterocycles. The number of rotatable bonds is 7. The fourth-order valence-electron chi connectivity index (χ4n) is 10.5. The Balaban J connectivity index is 1.24. The highest BCUT2D eigenvalue weighted by Gasteiger charge is 2.65. The van der Waals surface area contributed by atoms with Gasteiger partial charge in [-0.05, 0) is 110 Å². The number of carbonyl (C=O) groups is 1. The predicted octanol–water partition coefficient (Wildman–Crippen LogP) is 7.66. The summed E-state index contributed by atoms with van der Waals surface area (Å²) in [6.07, 6.45) is 5.85. The Morgan fingerprint density at radius 2 is 1.78 bits per heavy atom. The summed E-state index contributed by atoms with van der Waals surface area (Å²) in [7, 11) is 0. The molecule has 5 aliphatic rings. The maximum atomic E-state index is 13.6. The molecule has 1 aromatic rings. The van der Waals surface area contributed by atoms with Crippen LogP contribution >= 0.6 is 0 Å². The van der Waals surface area contributed by atoms with Crippen molar-refractivity contribution in [3.63, 3.8) is 0 Å². The molecule has 1 aromatic carbocycles. The van der Waals surface area contributed by atoms with Crippen molar-refractivity contribution in [1.29, 1.82) is 0 Å². The number of hydrogen-bond donors (Lipinski definition) is 1. The van der Waals surface area contributed by atoms with Gasteiger partial charge < -0.3 is 19.3 Å². The van der Waals surface area contributed by atoms with Crippen LogP contribution in [0.2, 0.25) is 0 Å². The average Bonchev–Trinajstić information content (AvgIpc) is 3.63. The third-order valence-electron chi connectivity index (χ3n) is 12.7. The number of ether oxygens (including phenoxy) is 3.